The second-order valence-corrected chi connectivity index (χ2v) is 4.44. The molecule has 1 aromatic carbocycles. The Bertz CT molecular complexity index is 546. The highest BCUT2D eigenvalue weighted by Crippen LogP contribution is 2.18. The maximum Gasteiger partial charge on any atom is 0.143 e. The molecule has 0 unspecified atom stereocenters. The molecule has 0 bridgehead atoms. The summed E-state index contributed by atoms with van der Waals surface area (Å²) in [6.45, 7) is 1.19. The minimum absolute atomic E-state index is 0.0977. The zero-order valence-electron chi connectivity index (χ0n) is 10.2. The third kappa shape index (κ3) is 3.90. The number of hydrogen-bond donors (Lipinski definition) is 2. The number of halogens is 2. The van der Waals surface area contributed by atoms with Crippen LogP contribution in [0.5, 0.6) is 0 Å². The summed E-state index contributed by atoms with van der Waals surface area (Å²) in [7, 11) is 0. The van der Waals surface area contributed by atoms with Crippen LogP contribution in [0.1, 0.15) is 12.1 Å². The zero-order chi connectivity index (χ0) is 13.7. The van der Waals surface area contributed by atoms with E-state index in [9.17, 15) is 4.39 Å². The fourth-order valence-electron chi connectivity index (χ4n) is 1.56. The van der Waals surface area contributed by atoms with E-state index in [1.54, 1.807) is 16.9 Å². The summed E-state index contributed by atoms with van der Waals surface area (Å²) in [5.74, 6) is -0.460. The van der Waals surface area contributed by atoms with Gasteiger partial charge in [-0.05, 0) is 24.6 Å². The maximum absolute atomic E-state index is 13.2. The Hall–Kier alpha value is -1.66. The molecule has 19 heavy (non-hydrogen) atoms. The van der Waals surface area contributed by atoms with Crippen molar-refractivity contribution in [2.75, 3.05) is 11.9 Å². The fourth-order valence-corrected chi connectivity index (χ4v) is 1.68. The van der Waals surface area contributed by atoms with Gasteiger partial charge in [0.25, 0.3) is 0 Å². The van der Waals surface area contributed by atoms with Crippen LogP contribution in [0.2, 0.25) is 5.02 Å². The number of anilines is 1. The van der Waals surface area contributed by atoms with Crippen LogP contribution in [0.3, 0.4) is 0 Å². The number of aliphatic hydroxyl groups excluding tert-OH is 1. The molecule has 2 N–H and O–H groups in total. The van der Waals surface area contributed by atoms with Crippen molar-refractivity contribution in [2.45, 2.75) is 19.5 Å². The van der Waals surface area contributed by atoms with Gasteiger partial charge in [0, 0.05) is 18.8 Å². The van der Waals surface area contributed by atoms with Gasteiger partial charge in [-0.15, -0.1) is 5.10 Å². The third-order valence-electron chi connectivity index (χ3n) is 2.52. The molecule has 1 aromatic heterocycles. The lowest BCUT2D eigenvalue weighted by Gasteiger charge is -2.04. The zero-order valence-corrected chi connectivity index (χ0v) is 10.9. The monoisotopic (exact) mass is 284 g/mol. The van der Waals surface area contributed by atoms with Crippen LogP contribution in [0.15, 0.2) is 24.4 Å². The van der Waals surface area contributed by atoms with Crippen LogP contribution >= 0.6 is 11.6 Å². The normalized spacial score (nSPS) is 10.7. The topological polar surface area (TPSA) is 63.0 Å². The number of nitrogens with zero attached hydrogens (tertiary/aromatic N) is 3. The van der Waals surface area contributed by atoms with Crippen molar-refractivity contribution in [1.82, 2.24) is 15.0 Å². The first-order valence-corrected chi connectivity index (χ1v) is 6.25. The summed E-state index contributed by atoms with van der Waals surface area (Å²) in [5, 5.41) is 19.7. The van der Waals surface area contributed by atoms with Gasteiger partial charge in [-0.25, -0.2) is 4.39 Å². The van der Waals surface area contributed by atoms with Crippen molar-refractivity contribution >= 4 is 17.3 Å². The number of nitrogens with one attached hydrogen (secondary N) is 1. The lowest BCUT2D eigenvalue weighted by molar-refractivity contribution is 0.276. The average molecular weight is 285 g/mol. The molecule has 2 rings (SSSR count). The Balaban J connectivity index is 1.91. The Morgan fingerprint density at radius 2 is 2.26 bits per heavy atom. The summed E-state index contributed by atoms with van der Waals surface area (Å²) < 4.78 is 14.9. The second kappa shape index (κ2) is 6.49. The van der Waals surface area contributed by atoms with Crippen LogP contribution in [0.4, 0.5) is 10.1 Å². The first-order chi connectivity index (χ1) is 9.19. The van der Waals surface area contributed by atoms with Crippen molar-refractivity contribution in [1.29, 1.82) is 0 Å². The van der Waals surface area contributed by atoms with Gasteiger partial charge in [0.05, 0.1) is 17.8 Å². The number of benzene rings is 1. The Labute approximate surface area is 115 Å². The smallest absolute Gasteiger partial charge is 0.143 e. The van der Waals surface area contributed by atoms with Crippen LogP contribution in [-0.4, -0.2) is 26.7 Å². The molecule has 0 saturated heterocycles. The number of hydrogen-bond acceptors (Lipinski definition) is 4. The van der Waals surface area contributed by atoms with Crippen molar-refractivity contribution in [3.63, 3.8) is 0 Å². The highest BCUT2D eigenvalue weighted by molar-refractivity contribution is 6.30. The van der Waals surface area contributed by atoms with E-state index in [2.05, 4.69) is 15.6 Å². The second-order valence-electron chi connectivity index (χ2n) is 4.03. The number of aryl methyl sites for hydroxylation is 1. The van der Waals surface area contributed by atoms with E-state index in [4.69, 9.17) is 16.7 Å². The lowest BCUT2D eigenvalue weighted by Crippen LogP contribution is -2.01. The molecule has 0 fully saturated rings. The number of aliphatic hydroxyl groups is 1. The summed E-state index contributed by atoms with van der Waals surface area (Å²) in [4.78, 5) is 0. The van der Waals surface area contributed by atoms with Gasteiger partial charge in [0.15, 0.2) is 0 Å². The largest absolute Gasteiger partial charge is 0.396 e. The van der Waals surface area contributed by atoms with E-state index in [1.807, 2.05) is 0 Å². The molecular weight excluding hydrogens is 271 g/mol. The van der Waals surface area contributed by atoms with Crippen molar-refractivity contribution in [2.24, 2.45) is 0 Å². The molecule has 0 amide bonds. The molecule has 0 spiro atoms. The summed E-state index contributed by atoms with van der Waals surface area (Å²) >= 11 is 5.60. The van der Waals surface area contributed by atoms with Crippen molar-refractivity contribution in [3.8, 4) is 0 Å². The summed E-state index contributed by atoms with van der Waals surface area (Å²) in [6, 6.07) is 4.53. The minimum Gasteiger partial charge on any atom is -0.396 e. The van der Waals surface area contributed by atoms with Gasteiger partial charge in [-0.1, -0.05) is 16.8 Å². The van der Waals surface area contributed by atoms with E-state index in [1.165, 1.54) is 12.1 Å². The number of aromatic nitrogens is 3. The Morgan fingerprint density at radius 1 is 1.42 bits per heavy atom. The van der Waals surface area contributed by atoms with E-state index >= 15 is 0 Å². The molecule has 2 aromatic rings. The van der Waals surface area contributed by atoms with Gasteiger partial charge in [0.1, 0.15) is 11.5 Å². The minimum atomic E-state index is -0.460. The van der Waals surface area contributed by atoms with E-state index in [0.717, 1.165) is 5.69 Å². The Kier molecular flexibility index (Phi) is 4.70. The van der Waals surface area contributed by atoms with Crippen LogP contribution in [0, 0.1) is 5.82 Å². The maximum atomic E-state index is 13.2. The lowest BCUT2D eigenvalue weighted by atomic mass is 10.3. The standard InChI is InChI=1S/C12H14ClFN4O/c13-11-3-2-9(6-12(11)14)15-7-10-8-18(17-16-10)4-1-5-19/h2-3,6,8,15,19H,1,4-5,7H2. The molecule has 1 heterocycles. The molecular formula is C12H14ClFN4O. The Morgan fingerprint density at radius 3 is 3.00 bits per heavy atom. The van der Waals surface area contributed by atoms with Gasteiger partial charge in [0.2, 0.25) is 0 Å². The van der Waals surface area contributed by atoms with Gasteiger partial charge >= 0.3 is 0 Å². The van der Waals surface area contributed by atoms with Crippen LogP contribution in [0.25, 0.3) is 0 Å². The van der Waals surface area contributed by atoms with Gasteiger partial charge in [-0.2, -0.15) is 0 Å². The first kappa shape index (κ1) is 13.8. The molecule has 0 saturated carbocycles. The molecule has 7 heteroatoms. The first-order valence-electron chi connectivity index (χ1n) is 5.88. The molecule has 0 aliphatic rings. The number of rotatable bonds is 6. The van der Waals surface area contributed by atoms with E-state index in [-0.39, 0.29) is 11.6 Å². The molecule has 0 aliphatic carbocycles. The molecule has 0 aliphatic heterocycles. The molecule has 5 nitrogen and oxygen atoms in total. The van der Waals surface area contributed by atoms with Crippen LogP contribution in [-0.2, 0) is 13.1 Å². The van der Waals surface area contributed by atoms with Gasteiger partial charge < -0.3 is 10.4 Å². The average Bonchev–Trinajstić information content (AvgIpc) is 2.86. The van der Waals surface area contributed by atoms with Crippen molar-refractivity contribution in [3.05, 3.63) is 40.9 Å². The highest BCUT2D eigenvalue weighted by Gasteiger charge is 2.03. The quantitative estimate of drug-likeness (QED) is 0.852. The van der Waals surface area contributed by atoms with Crippen LogP contribution < -0.4 is 5.32 Å². The SMILES string of the molecule is OCCCn1cc(CNc2ccc(Cl)c(F)c2)nn1. The predicted octanol–water partition coefficient (Wildman–Crippen LogP) is 2.07. The summed E-state index contributed by atoms with van der Waals surface area (Å²) in [5.41, 5.74) is 1.38. The molecule has 102 valence electrons. The fraction of sp³-hybridized carbons (Fsp3) is 0.333. The predicted molar refractivity (Wildman–Crippen MR) is 70.5 cm³/mol. The molecule has 0 atom stereocenters. The molecule has 0 radical (unpaired) electrons. The van der Waals surface area contributed by atoms with Crippen molar-refractivity contribution < 1.29 is 9.50 Å². The van der Waals surface area contributed by atoms with E-state index < -0.39 is 5.82 Å². The summed E-state index contributed by atoms with van der Waals surface area (Å²) in [6.07, 6.45) is 2.42. The van der Waals surface area contributed by atoms with Gasteiger partial charge in [-0.3, -0.25) is 4.68 Å². The third-order valence-corrected chi connectivity index (χ3v) is 2.83. The van der Waals surface area contributed by atoms with E-state index in [0.29, 0.717) is 25.2 Å². The highest BCUT2D eigenvalue weighted by atomic mass is 35.5.